The van der Waals surface area contributed by atoms with Crippen LogP contribution in [-0.4, -0.2) is 18.8 Å². The fraction of sp³-hybridized carbons (Fsp3) is 0.200. The van der Waals surface area contributed by atoms with Crippen LogP contribution in [0.25, 0.3) is 11.8 Å². The molecule has 2 aliphatic rings. The Balaban J connectivity index is 1.63. The Morgan fingerprint density at radius 1 is 0.972 bits per heavy atom. The van der Waals surface area contributed by atoms with E-state index < -0.39 is 0 Å². The molecule has 6 rings (SSSR count). The van der Waals surface area contributed by atoms with E-state index in [0.717, 1.165) is 46.4 Å². The van der Waals surface area contributed by atoms with E-state index in [9.17, 15) is 4.79 Å². The summed E-state index contributed by atoms with van der Waals surface area (Å²) in [6, 6.07) is 22.3. The number of ether oxygens (including phenoxy) is 2. The second-order valence-corrected chi connectivity index (χ2v) is 10.2. The maximum atomic E-state index is 13.9. The molecular formula is C30H26N2O3S. The first kappa shape index (κ1) is 22.6. The number of aromatic nitrogens is 1. The molecule has 180 valence electrons. The summed E-state index contributed by atoms with van der Waals surface area (Å²) in [7, 11) is 3.26. The summed E-state index contributed by atoms with van der Waals surface area (Å²) in [4.78, 5) is 19.7. The SMILES string of the molecule is COc1ccc([C@H]2C3=C(N=c4s/c(=C\c5cccc(C)c5)c(=O)n42)c2ccccc2CC3)cc1OC. The summed E-state index contributed by atoms with van der Waals surface area (Å²) >= 11 is 1.45. The van der Waals surface area contributed by atoms with E-state index in [1.807, 2.05) is 41.0 Å². The van der Waals surface area contributed by atoms with E-state index in [1.54, 1.807) is 14.2 Å². The van der Waals surface area contributed by atoms with Crippen LogP contribution in [0.1, 0.15) is 40.3 Å². The Hall–Kier alpha value is -3.90. The van der Waals surface area contributed by atoms with E-state index in [1.165, 1.54) is 16.9 Å². The minimum atomic E-state index is -0.260. The second-order valence-electron chi connectivity index (χ2n) is 9.14. The van der Waals surface area contributed by atoms with Crippen LogP contribution in [0.4, 0.5) is 0 Å². The van der Waals surface area contributed by atoms with Gasteiger partial charge in [0.1, 0.15) is 0 Å². The van der Waals surface area contributed by atoms with Crippen molar-refractivity contribution in [3.8, 4) is 11.5 Å². The molecule has 5 nitrogen and oxygen atoms in total. The van der Waals surface area contributed by atoms with E-state index >= 15 is 0 Å². The number of methoxy groups -OCH3 is 2. The molecule has 0 spiro atoms. The van der Waals surface area contributed by atoms with Gasteiger partial charge in [0, 0.05) is 5.56 Å². The van der Waals surface area contributed by atoms with Gasteiger partial charge in [0.05, 0.1) is 30.5 Å². The van der Waals surface area contributed by atoms with Crippen molar-refractivity contribution in [2.24, 2.45) is 4.99 Å². The smallest absolute Gasteiger partial charge is 0.271 e. The fourth-order valence-electron chi connectivity index (χ4n) is 5.26. The summed E-state index contributed by atoms with van der Waals surface area (Å²) in [6.07, 6.45) is 3.73. The van der Waals surface area contributed by atoms with Gasteiger partial charge in [0.25, 0.3) is 5.56 Å². The standard InChI is InChI=1S/C30H26N2O3S/c1-18-7-6-8-19(15-18)16-26-29(33)32-28(21-12-14-24(34-2)25(17-21)35-3)23-13-11-20-9-4-5-10-22(20)27(23)31-30(32)36-26/h4-10,12,14-17,28H,11,13H2,1-3H3/b26-16-/t28-/m0/s1. The molecule has 6 heteroatoms. The van der Waals surface area contributed by atoms with Gasteiger partial charge in [0.2, 0.25) is 0 Å². The Bertz CT molecular complexity index is 1710. The first-order chi connectivity index (χ1) is 17.6. The van der Waals surface area contributed by atoms with Crippen molar-refractivity contribution in [3.05, 3.63) is 120 Å². The quantitative estimate of drug-likeness (QED) is 0.415. The van der Waals surface area contributed by atoms with Crippen LogP contribution < -0.4 is 24.4 Å². The fourth-order valence-corrected chi connectivity index (χ4v) is 6.26. The summed E-state index contributed by atoms with van der Waals surface area (Å²) < 4.78 is 13.6. The van der Waals surface area contributed by atoms with E-state index in [2.05, 4.69) is 43.3 Å². The Labute approximate surface area is 213 Å². The molecule has 1 atom stereocenters. The van der Waals surface area contributed by atoms with Crippen LogP contribution >= 0.6 is 11.3 Å². The van der Waals surface area contributed by atoms with Crippen LogP contribution in [0.3, 0.4) is 0 Å². The van der Waals surface area contributed by atoms with Crippen LogP contribution in [0.5, 0.6) is 11.5 Å². The van der Waals surface area contributed by atoms with Crippen LogP contribution in [0.2, 0.25) is 0 Å². The predicted octanol–water partition coefficient (Wildman–Crippen LogP) is 4.64. The molecule has 0 N–H and O–H groups in total. The molecule has 0 amide bonds. The van der Waals surface area contributed by atoms with Crippen molar-refractivity contribution in [1.29, 1.82) is 0 Å². The molecule has 0 saturated carbocycles. The van der Waals surface area contributed by atoms with E-state index in [-0.39, 0.29) is 11.6 Å². The minimum Gasteiger partial charge on any atom is -0.493 e. The van der Waals surface area contributed by atoms with Gasteiger partial charge in [-0.3, -0.25) is 9.36 Å². The number of nitrogens with zero attached hydrogens (tertiary/aromatic N) is 2. The lowest BCUT2D eigenvalue weighted by Crippen LogP contribution is -2.38. The highest BCUT2D eigenvalue weighted by molar-refractivity contribution is 7.07. The molecule has 2 heterocycles. The van der Waals surface area contributed by atoms with Gasteiger partial charge < -0.3 is 9.47 Å². The monoisotopic (exact) mass is 494 g/mol. The van der Waals surface area contributed by atoms with Gasteiger partial charge in [-0.05, 0) is 60.2 Å². The van der Waals surface area contributed by atoms with Crippen molar-refractivity contribution in [3.63, 3.8) is 0 Å². The number of thiazole rings is 1. The normalized spacial score (nSPS) is 16.6. The molecule has 4 aromatic rings. The molecule has 1 aromatic heterocycles. The zero-order valence-corrected chi connectivity index (χ0v) is 21.3. The van der Waals surface area contributed by atoms with Gasteiger partial charge in [-0.2, -0.15) is 0 Å². The van der Waals surface area contributed by atoms with Crippen molar-refractivity contribution >= 4 is 23.1 Å². The molecule has 0 saturated heterocycles. The zero-order valence-electron chi connectivity index (χ0n) is 20.4. The third-order valence-corrected chi connectivity index (χ3v) is 7.92. The summed E-state index contributed by atoms with van der Waals surface area (Å²) in [5.41, 5.74) is 7.73. The van der Waals surface area contributed by atoms with Crippen molar-refractivity contribution < 1.29 is 9.47 Å². The summed E-state index contributed by atoms with van der Waals surface area (Å²) in [5.74, 6) is 1.31. The van der Waals surface area contributed by atoms with Gasteiger partial charge in [-0.1, -0.05) is 71.5 Å². The van der Waals surface area contributed by atoms with Crippen molar-refractivity contribution in [2.75, 3.05) is 14.2 Å². The molecule has 0 fully saturated rings. The van der Waals surface area contributed by atoms with Crippen LogP contribution in [0.15, 0.2) is 82.1 Å². The number of benzene rings is 3. The Kier molecular flexibility index (Phi) is 5.61. The van der Waals surface area contributed by atoms with Gasteiger partial charge >= 0.3 is 0 Å². The molecule has 36 heavy (non-hydrogen) atoms. The van der Waals surface area contributed by atoms with Gasteiger partial charge in [-0.25, -0.2) is 4.99 Å². The molecule has 0 bridgehead atoms. The van der Waals surface area contributed by atoms with E-state index in [0.29, 0.717) is 20.8 Å². The number of hydrogen-bond acceptors (Lipinski definition) is 5. The van der Waals surface area contributed by atoms with Crippen LogP contribution in [0, 0.1) is 6.92 Å². The molecule has 1 aliphatic carbocycles. The maximum absolute atomic E-state index is 13.9. The first-order valence-corrected chi connectivity index (χ1v) is 12.8. The average molecular weight is 495 g/mol. The van der Waals surface area contributed by atoms with Crippen molar-refractivity contribution in [2.45, 2.75) is 25.8 Å². The highest BCUT2D eigenvalue weighted by Gasteiger charge is 2.33. The Morgan fingerprint density at radius 2 is 1.81 bits per heavy atom. The van der Waals surface area contributed by atoms with Gasteiger partial charge in [0.15, 0.2) is 16.3 Å². The average Bonchev–Trinajstić information content (AvgIpc) is 3.21. The topological polar surface area (TPSA) is 52.8 Å². The predicted molar refractivity (Wildman–Crippen MR) is 143 cm³/mol. The highest BCUT2D eigenvalue weighted by Crippen LogP contribution is 2.42. The molecular weight excluding hydrogens is 468 g/mol. The third kappa shape index (κ3) is 3.69. The molecule has 3 aromatic carbocycles. The number of rotatable bonds is 4. The number of allylic oxidation sites excluding steroid dienone is 1. The molecule has 0 unspecified atom stereocenters. The summed E-state index contributed by atoms with van der Waals surface area (Å²) in [6.45, 7) is 2.06. The highest BCUT2D eigenvalue weighted by atomic mass is 32.1. The molecule has 1 aliphatic heterocycles. The first-order valence-electron chi connectivity index (χ1n) is 12.0. The lowest BCUT2D eigenvalue weighted by molar-refractivity contribution is 0.354. The second kappa shape index (κ2) is 8.95. The van der Waals surface area contributed by atoms with Crippen LogP contribution in [-0.2, 0) is 6.42 Å². The Morgan fingerprint density at radius 3 is 2.61 bits per heavy atom. The lowest BCUT2D eigenvalue weighted by atomic mass is 9.83. The van der Waals surface area contributed by atoms with Crippen molar-refractivity contribution in [1.82, 2.24) is 4.57 Å². The number of aryl methyl sites for hydroxylation is 2. The molecule has 0 radical (unpaired) electrons. The zero-order chi connectivity index (χ0) is 24.8. The largest absolute Gasteiger partial charge is 0.493 e. The van der Waals surface area contributed by atoms with E-state index in [4.69, 9.17) is 14.5 Å². The maximum Gasteiger partial charge on any atom is 0.271 e. The number of fused-ring (bicyclic) bond motifs is 3. The van der Waals surface area contributed by atoms with Gasteiger partial charge in [-0.15, -0.1) is 0 Å². The lowest BCUT2D eigenvalue weighted by Gasteiger charge is -2.31. The minimum absolute atomic E-state index is 0.0227. The number of hydrogen-bond donors (Lipinski definition) is 0. The summed E-state index contributed by atoms with van der Waals surface area (Å²) in [5, 5.41) is 0. The third-order valence-electron chi connectivity index (χ3n) is 6.94.